The number of nitrogens with zero attached hydrogens (tertiary/aromatic N) is 2. The van der Waals surface area contributed by atoms with Crippen molar-refractivity contribution >= 4 is 15.9 Å². The Bertz CT molecular complexity index is 289. The SMILES string of the molecule is Brc1ccnc(OC2CCOC2)n1. The van der Waals surface area contributed by atoms with Gasteiger partial charge in [0.1, 0.15) is 10.7 Å². The molecule has 0 bridgehead atoms. The van der Waals surface area contributed by atoms with Crippen LogP contribution in [0.15, 0.2) is 16.9 Å². The lowest BCUT2D eigenvalue weighted by Gasteiger charge is -2.08. The Morgan fingerprint density at radius 2 is 2.54 bits per heavy atom. The molecule has 1 unspecified atom stereocenters. The highest BCUT2D eigenvalue weighted by Crippen LogP contribution is 2.14. The van der Waals surface area contributed by atoms with Gasteiger partial charge in [-0.15, -0.1) is 0 Å². The van der Waals surface area contributed by atoms with E-state index in [0.717, 1.165) is 17.6 Å². The number of hydrogen-bond donors (Lipinski definition) is 0. The lowest BCUT2D eigenvalue weighted by atomic mass is 10.3. The highest BCUT2D eigenvalue weighted by molar-refractivity contribution is 9.10. The number of halogens is 1. The van der Waals surface area contributed by atoms with Crippen LogP contribution in [0.2, 0.25) is 0 Å². The highest BCUT2D eigenvalue weighted by atomic mass is 79.9. The summed E-state index contributed by atoms with van der Waals surface area (Å²) in [5, 5.41) is 0. The van der Waals surface area contributed by atoms with E-state index in [1.165, 1.54) is 0 Å². The van der Waals surface area contributed by atoms with E-state index in [1.54, 1.807) is 12.3 Å². The van der Waals surface area contributed by atoms with Gasteiger partial charge >= 0.3 is 6.01 Å². The van der Waals surface area contributed by atoms with Gasteiger partial charge < -0.3 is 9.47 Å². The van der Waals surface area contributed by atoms with E-state index < -0.39 is 0 Å². The quantitative estimate of drug-likeness (QED) is 0.739. The first kappa shape index (κ1) is 8.90. The smallest absolute Gasteiger partial charge is 0.317 e. The summed E-state index contributed by atoms with van der Waals surface area (Å²) >= 11 is 3.25. The van der Waals surface area contributed by atoms with Gasteiger partial charge in [0.25, 0.3) is 0 Å². The zero-order valence-electron chi connectivity index (χ0n) is 6.94. The molecule has 0 N–H and O–H groups in total. The molecule has 1 aromatic heterocycles. The van der Waals surface area contributed by atoms with Gasteiger partial charge in [-0.1, -0.05) is 0 Å². The zero-order valence-corrected chi connectivity index (χ0v) is 8.53. The van der Waals surface area contributed by atoms with Crippen molar-refractivity contribution in [1.29, 1.82) is 0 Å². The van der Waals surface area contributed by atoms with Crippen molar-refractivity contribution in [2.24, 2.45) is 0 Å². The van der Waals surface area contributed by atoms with E-state index in [0.29, 0.717) is 12.6 Å². The van der Waals surface area contributed by atoms with Gasteiger partial charge in [-0.2, -0.15) is 4.98 Å². The van der Waals surface area contributed by atoms with E-state index in [-0.39, 0.29) is 6.10 Å². The Labute approximate surface area is 84.4 Å². The minimum Gasteiger partial charge on any atom is -0.458 e. The second-order valence-electron chi connectivity index (χ2n) is 2.77. The number of rotatable bonds is 2. The lowest BCUT2D eigenvalue weighted by Crippen LogP contribution is -2.17. The molecule has 13 heavy (non-hydrogen) atoms. The molecule has 1 atom stereocenters. The van der Waals surface area contributed by atoms with Gasteiger partial charge in [0.15, 0.2) is 0 Å². The molecule has 2 rings (SSSR count). The van der Waals surface area contributed by atoms with Crippen LogP contribution in [0.1, 0.15) is 6.42 Å². The molecule has 0 saturated carbocycles. The summed E-state index contributed by atoms with van der Waals surface area (Å²) in [4.78, 5) is 8.05. The summed E-state index contributed by atoms with van der Waals surface area (Å²) in [5.41, 5.74) is 0. The second-order valence-corrected chi connectivity index (χ2v) is 3.58. The Morgan fingerprint density at radius 1 is 1.62 bits per heavy atom. The average molecular weight is 245 g/mol. The van der Waals surface area contributed by atoms with Crippen LogP contribution in [0.25, 0.3) is 0 Å². The molecule has 4 nitrogen and oxygen atoms in total. The highest BCUT2D eigenvalue weighted by Gasteiger charge is 2.18. The Kier molecular flexibility index (Phi) is 2.75. The van der Waals surface area contributed by atoms with Gasteiger partial charge in [-0.25, -0.2) is 4.98 Å². The van der Waals surface area contributed by atoms with Gasteiger partial charge in [0.05, 0.1) is 13.2 Å². The molecular formula is C8H9BrN2O2. The minimum atomic E-state index is 0.106. The summed E-state index contributed by atoms with van der Waals surface area (Å²) < 4.78 is 11.4. The molecule has 0 radical (unpaired) electrons. The van der Waals surface area contributed by atoms with Gasteiger partial charge in [0, 0.05) is 12.6 Å². The predicted molar refractivity (Wildman–Crippen MR) is 49.6 cm³/mol. The van der Waals surface area contributed by atoms with Crippen molar-refractivity contribution in [2.45, 2.75) is 12.5 Å². The van der Waals surface area contributed by atoms with E-state index >= 15 is 0 Å². The molecule has 0 aromatic carbocycles. The molecule has 0 spiro atoms. The first-order chi connectivity index (χ1) is 6.34. The summed E-state index contributed by atoms with van der Waals surface area (Å²) in [6, 6.07) is 2.17. The van der Waals surface area contributed by atoms with E-state index in [9.17, 15) is 0 Å². The molecule has 1 saturated heterocycles. The molecule has 1 aliphatic heterocycles. The van der Waals surface area contributed by atoms with Crippen LogP contribution in [-0.4, -0.2) is 29.3 Å². The fourth-order valence-corrected chi connectivity index (χ4v) is 1.40. The van der Waals surface area contributed by atoms with Crippen molar-refractivity contribution in [3.8, 4) is 6.01 Å². The number of hydrogen-bond acceptors (Lipinski definition) is 4. The summed E-state index contributed by atoms with van der Waals surface area (Å²) in [6.45, 7) is 1.40. The number of aromatic nitrogens is 2. The largest absolute Gasteiger partial charge is 0.458 e. The molecule has 1 aromatic rings. The third kappa shape index (κ3) is 2.38. The molecule has 0 aliphatic carbocycles. The minimum absolute atomic E-state index is 0.106. The van der Waals surface area contributed by atoms with Crippen molar-refractivity contribution < 1.29 is 9.47 Å². The third-order valence-electron chi connectivity index (χ3n) is 1.76. The molecule has 70 valence electrons. The molecule has 1 fully saturated rings. The maximum absolute atomic E-state index is 5.48. The normalized spacial score (nSPS) is 21.8. The van der Waals surface area contributed by atoms with Crippen molar-refractivity contribution in [2.75, 3.05) is 13.2 Å². The molecular weight excluding hydrogens is 236 g/mol. The van der Waals surface area contributed by atoms with Gasteiger partial charge in [-0.05, 0) is 22.0 Å². The fraction of sp³-hybridized carbons (Fsp3) is 0.500. The van der Waals surface area contributed by atoms with E-state index in [4.69, 9.17) is 9.47 Å². The Morgan fingerprint density at radius 3 is 3.23 bits per heavy atom. The topological polar surface area (TPSA) is 44.2 Å². The lowest BCUT2D eigenvalue weighted by molar-refractivity contribution is 0.134. The molecule has 1 aliphatic rings. The fourth-order valence-electron chi connectivity index (χ4n) is 1.13. The first-order valence-electron chi connectivity index (χ1n) is 4.07. The van der Waals surface area contributed by atoms with Crippen LogP contribution < -0.4 is 4.74 Å². The van der Waals surface area contributed by atoms with Crippen LogP contribution in [0.5, 0.6) is 6.01 Å². The molecule has 5 heteroatoms. The Balaban J connectivity index is 2.00. The van der Waals surface area contributed by atoms with E-state index in [1.807, 2.05) is 0 Å². The van der Waals surface area contributed by atoms with Crippen LogP contribution in [-0.2, 0) is 4.74 Å². The van der Waals surface area contributed by atoms with Gasteiger partial charge in [0.2, 0.25) is 0 Å². The van der Waals surface area contributed by atoms with Crippen molar-refractivity contribution in [3.05, 3.63) is 16.9 Å². The zero-order chi connectivity index (χ0) is 9.10. The number of ether oxygens (including phenoxy) is 2. The van der Waals surface area contributed by atoms with Gasteiger partial charge in [-0.3, -0.25) is 0 Å². The van der Waals surface area contributed by atoms with Crippen LogP contribution >= 0.6 is 15.9 Å². The monoisotopic (exact) mass is 244 g/mol. The first-order valence-corrected chi connectivity index (χ1v) is 4.87. The molecule has 0 amide bonds. The maximum atomic E-state index is 5.48. The summed E-state index contributed by atoms with van der Waals surface area (Å²) in [5.74, 6) is 0. The molecule has 2 heterocycles. The Hall–Kier alpha value is -0.680. The predicted octanol–water partition coefficient (Wildman–Crippen LogP) is 1.41. The average Bonchev–Trinajstić information content (AvgIpc) is 2.57. The van der Waals surface area contributed by atoms with Crippen LogP contribution in [0, 0.1) is 0 Å². The standard InChI is InChI=1S/C8H9BrN2O2/c9-7-1-3-10-8(11-7)13-6-2-4-12-5-6/h1,3,6H,2,4-5H2. The third-order valence-corrected chi connectivity index (χ3v) is 2.20. The second kappa shape index (κ2) is 4.02. The summed E-state index contributed by atoms with van der Waals surface area (Å²) in [7, 11) is 0. The van der Waals surface area contributed by atoms with Crippen molar-refractivity contribution in [3.63, 3.8) is 0 Å². The maximum Gasteiger partial charge on any atom is 0.317 e. The summed E-state index contributed by atoms with van der Waals surface area (Å²) in [6.07, 6.45) is 2.67. The van der Waals surface area contributed by atoms with Crippen molar-refractivity contribution in [1.82, 2.24) is 9.97 Å². The van der Waals surface area contributed by atoms with E-state index in [2.05, 4.69) is 25.9 Å². The van der Waals surface area contributed by atoms with Crippen LogP contribution in [0.4, 0.5) is 0 Å². The van der Waals surface area contributed by atoms with Crippen LogP contribution in [0.3, 0.4) is 0 Å².